The summed E-state index contributed by atoms with van der Waals surface area (Å²) in [6, 6.07) is 0. The van der Waals surface area contributed by atoms with Crippen molar-refractivity contribution in [2.45, 2.75) is 104 Å². The van der Waals surface area contributed by atoms with Gasteiger partial charge in [0.1, 0.15) is 0 Å². The summed E-state index contributed by atoms with van der Waals surface area (Å²) in [7, 11) is 0. The van der Waals surface area contributed by atoms with Crippen LogP contribution < -0.4 is 0 Å². The van der Waals surface area contributed by atoms with Crippen molar-refractivity contribution >= 4 is 0 Å². The van der Waals surface area contributed by atoms with Crippen LogP contribution >= 0.6 is 0 Å². The van der Waals surface area contributed by atoms with Crippen molar-refractivity contribution in [1.29, 1.82) is 0 Å². The molecule has 0 spiro atoms. The highest BCUT2D eigenvalue weighted by atomic mass is 14.7. The summed E-state index contributed by atoms with van der Waals surface area (Å²) in [6.45, 7) is 37.5. The topological polar surface area (TPSA) is 0 Å². The second-order valence-electron chi connectivity index (χ2n) is 12.6. The first-order valence-electron chi connectivity index (χ1n) is 10.2. The summed E-state index contributed by atoms with van der Waals surface area (Å²) in [5.41, 5.74) is 1.90. The molecule has 0 heteroatoms. The van der Waals surface area contributed by atoms with Crippen LogP contribution in [0.25, 0.3) is 0 Å². The van der Waals surface area contributed by atoms with Crippen molar-refractivity contribution in [2.75, 3.05) is 0 Å². The largest absolute Gasteiger partial charge is 0.0615 e. The third-order valence-corrected chi connectivity index (χ3v) is 10.9. The van der Waals surface area contributed by atoms with Gasteiger partial charge in [0.25, 0.3) is 0 Å². The second kappa shape index (κ2) is 5.50. The first kappa shape index (κ1) is 22.0. The standard InChI is InChI=1S/C24H48/c1-16(19(4,5)6)21(9,10)22(11,12)23(13,14)24(15)17(2)20(7,8)18(24)3/h16-18H,1-15H3. The molecule has 1 aliphatic carbocycles. The maximum Gasteiger partial charge on any atom is -0.0208 e. The third-order valence-electron chi connectivity index (χ3n) is 10.9. The van der Waals surface area contributed by atoms with Gasteiger partial charge in [0, 0.05) is 0 Å². The maximum atomic E-state index is 2.58. The minimum absolute atomic E-state index is 0.237. The molecule has 24 heavy (non-hydrogen) atoms. The fourth-order valence-corrected chi connectivity index (χ4v) is 6.38. The number of rotatable bonds is 4. The average molecular weight is 337 g/mol. The molecule has 0 nitrogen and oxygen atoms in total. The van der Waals surface area contributed by atoms with E-state index in [2.05, 4.69) is 104 Å². The van der Waals surface area contributed by atoms with Crippen LogP contribution in [0.3, 0.4) is 0 Å². The lowest BCUT2D eigenvalue weighted by Gasteiger charge is -2.74. The Balaban J connectivity index is 3.41. The summed E-state index contributed by atoms with van der Waals surface area (Å²) in [6.07, 6.45) is 0. The fraction of sp³-hybridized carbons (Fsp3) is 1.00. The van der Waals surface area contributed by atoms with E-state index < -0.39 is 0 Å². The molecule has 1 fully saturated rings. The van der Waals surface area contributed by atoms with Crippen LogP contribution in [0.4, 0.5) is 0 Å². The predicted octanol–water partition coefficient (Wildman–Crippen LogP) is 8.07. The van der Waals surface area contributed by atoms with Crippen LogP contribution in [0.1, 0.15) is 104 Å². The molecule has 0 aromatic heterocycles. The molecule has 3 unspecified atom stereocenters. The summed E-state index contributed by atoms with van der Waals surface area (Å²) in [5, 5.41) is 0. The SMILES string of the molecule is CC(C(C)(C)C)C(C)(C)C(C)(C)C(C)(C)C1(C)C(C)C(C)(C)C1C. The number of hydrogen-bond acceptors (Lipinski definition) is 0. The van der Waals surface area contributed by atoms with E-state index in [9.17, 15) is 0 Å². The molecular weight excluding hydrogens is 288 g/mol. The van der Waals surface area contributed by atoms with Crippen molar-refractivity contribution in [3.8, 4) is 0 Å². The van der Waals surface area contributed by atoms with E-state index in [-0.39, 0.29) is 16.2 Å². The van der Waals surface area contributed by atoms with Crippen LogP contribution in [0.5, 0.6) is 0 Å². The molecule has 0 heterocycles. The van der Waals surface area contributed by atoms with Crippen LogP contribution in [-0.2, 0) is 0 Å². The monoisotopic (exact) mass is 336 g/mol. The van der Waals surface area contributed by atoms with E-state index >= 15 is 0 Å². The van der Waals surface area contributed by atoms with E-state index in [1.165, 1.54) is 0 Å². The molecule has 144 valence electrons. The zero-order chi connectivity index (χ0) is 19.7. The Kier molecular flexibility index (Phi) is 5.05. The van der Waals surface area contributed by atoms with E-state index in [1.807, 2.05) is 0 Å². The molecule has 0 saturated heterocycles. The Morgan fingerprint density at radius 3 is 1.33 bits per heavy atom. The van der Waals surface area contributed by atoms with Gasteiger partial charge in [0.05, 0.1) is 0 Å². The maximum absolute atomic E-state index is 2.58. The van der Waals surface area contributed by atoms with Gasteiger partial charge in [-0.15, -0.1) is 0 Å². The highest BCUT2D eigenvalue weighted by Crippen LogP contribution is 2.75. The minimum atomic E-state index is 0.237. The molecule has 0 N–H and O–H groups in total. The van der Waals surface area contributed by atoms with Gasteiger partial charge in [0.15, 0.2) is 0 Å². The first-order valence-corrected chi connectivity index (χ1v) is 10.2. The van der Waals surface area contributed by atoms with E-state index in [0.717, 1.165) is 11.8 Å². The highest BCUT2D eigenvalue weighted by molar-refractivity contribution is 5.17. The molecule has 0 aliphatic heterocycles. The van der Waals surface area contributed by atoms with Gasteiger partial charge >= 0.3 is 0 Å². The third kappa shape index (κ3) is 2.44. The van der Waals surface area contributed by atoms with Crippen LogP contribution in [-0.4, -0.2) is 0 Å². The lowest BCUT2D eigenvalue weighted by Crippen LogP contribution is -2.69. The molecule has 0 aromatic rings. The Morgan fingerprint density at radius 2 is 1.04 bits per heavy atom. The summed E-state index contributed by atoms with van der Waals surface area (Å²) < 4.78 is 0. The van der Waals surface area contributed by atoms with Crippen molar-refractivity contribution in [2.24, 2.45) is 50.2 Å². The van der Waals surface area contributed by atoms with Crippen molar-refractivity contribution in [1.82, 2.24) is 0 Å². The molecule has 0 amide bonds. The normalized spacial score (nSPS) is 33.1. The summed E-state index contributed by atoms with van der Waals surface area (Å²) in [5.74, 6) is 2.15. The fourth-order valence-electron chi connectivity index (χ4n) is 6.38. The van der Waals surface area contributed by atoms with Gasteiger partial charge in [0.2, 0.25) is 0 Å². The highest BCUT2D eigenvalue weighted by Gasteiger charge is 2.69. The summed E-state index contributed by atoms with van der Waals surface area (Å²) >= 11 is 0. The average Bonchev–Trinajstić information content (AvgIpc) is 2.42. The molecular formula is C24H48. The second-order valence-corrected chi connectivity index (χ2v) is 12.6. The van der Waals surface area contributed by atoms with E-state index in [4.69, 9.17) is 0 Å². The first-order chi connectivity index (χ1) is 10.2. The van der Waals surface area contributed by atoms with Gasteiger partial charge in [-0.1, -0.05) is 104 Å². The van der Waals surface area contributed by atoms with Crippen molar-refractivity contribution in [3.05, 3.63) is 0 Å². The number of hydrogen-bond donors (Lipinski definition) is 0. The van der Waals surface area contributed by atoms with E-state index in [1.54, 1.807) is 0 Å². The Morgan fingerprint density at radius 1 is 0.708 bits per heavy atom. The van der Waals surface area contributed by atoms with Gasteiger partial charge in [-0.05, 0) is 50.2 Å². The van der Waals surface area contributed by atoms with Crippen LogP contribution in [0, 0.1) is 50.2 Å². The van der Waals surface area contributed by atoms with Crippen molar-refractivity contribution < 1.29 is 0 Å². The zero-order valence-corrected chi connectivity index (χ0v) is 19.7. The molecule has 1 rings (SSSR count). The molecule has 0 bridgehead atoms. The molecule has 1 saturated carbocycles. The molecule has 0 aromatic carbocycles. The van der Waals surface area contributed by atoms with Gasteiger partial charge in [-0.3, -0.25) is 0 Å². The summed E-state index contributed by atoms with van der Waals surface area (Å²) in [4.78, 5) is 0. The molecule has 0 radical (unpaired) electrons. The van der Waals surface area contributed by atoms with Gasteiger partial charge in [-0.2, -0.15) is 0 Å². The molecule has 3 atom stereocenters. The van der Waals surface area contributed by atoms with Crippen molar-refractivity contribution in [3.63, 3.8) is 0 Å². The predicted molar refractivity (Wildman–Crippen MR) is 110 cm³/mol. The van der Waals surface area contributed by atoms with Gasteiger partial charge < -0.3 is 0 Å². The quantitative estimate of drug-likeness (QED) is 0.487. The minimum Gasteiger partial charge on any atom is -0.0615 e. The Hall–Kier alpha value is 0. The van der Waals surface area contributed by atoms with Crippen LogP contribution in [0.2, 0.25) is 0 Å². The lowest BCUT2D eigenvalue weighted by atomic mass is 9.30. The van der Waals surface area contributed by atoms with Crippen LogP contribution in [0.15, 0.2) is 0 Å². The smallest absolute Gasteiger partial charge is 0.0208 e. The Labute approximate surface area is 154 Å². The zero-order valence-electron chi connectivity index (χ0n) is 19.7. The van der Waals surface area contributed by atoms with Gasteiger partial charge in [-0.25, -0.2) is 0 Å². The lowest BCUT2D eigenvalue weighted by molar-refractivity contribution is -0.267. The molecule has 1 aliphatic rings. The Bertz CT molecular complexity index is 455. The van der Waals surface area contributed by atoms with E-state index in [0.29, 0.717) is 22.2 Å².